The average Bonchev–Trinajstić information content (AvgIpc) is 3.04. The molecular weight excluding hydrogens is 262 g/mol. The Balaban J connectivity index is 1.61. The van der Waals surface area contributed by atoms with E-state index < -0.39 is 0 Å². The summed E-state index contributed by atoms with van der Waals surface area (Å²) in [5.74, 6) is 0.269. The number of hydrogen-bond acceptors (Lipinski definition) is 5. The molecule has 2 N–H and O–H groups in total. The number of hydrogen-bond donors (Lipinski definition) is 2. The van der Waals surface area contributed by atoms with E-state index in [0.717, 1.165) is 15.2 Å². The van der Waals surface area contributed by atoms with Crippen LogP contribution in [0.25, 0.3) is 10.2 Å². The molecule has 0 aliphatic heterocycles. The van der Waals surface area contributed by atoms with E-state index in [0.29, 0.717) is 18.8 Å². The van der Waals surface area contributed by atoms with Crippen LogP contribution in [0.4, 0.5) is 5.95 Å². The lowest BCUT2D eigenvalue weighted by molar-refractivity contribution is -0.116. The number of benzene rings is 1. The summed E-state index contributed by atoms with van der Waals surface area (Å²) in [6, 6.07) is 7.96. The number of nitrogens with one attached hydrogen (secondary N) is 2. The second kappa shape index (κ2) is 5.15. The fourth-order valence-corrected chi connectivity index (χ4v) is 2.67. The lowest BCUT2D eigenvalue weighted by Crippen LogP contribution is -2.13. The van der Waals surface area contributed by atoms with Crippen molar-refractivity contribution in [2.24, 2.45) is 0 Å². The minimum absolute atomic E-state index is 0.101. The number of aromatic nitrogens is 4. The van der Waals surface area contributed by atoms with Crippen LogP contribution >= 0.6 is 11.3 Å². The maximum atomic E-state index is 11.7. The molecule has 0 aliphatic carbocycles. The van der Waals surface area contributed by atoms with E-state index in [1.807, 2.05) is 24.3 Å². The van der Waals surface area contributed by atoms with E-state index in [1.165, 1.54) is 6.33 Å². The number of H-pyrrole nitrogens is 1. The Morgan fingerprint density at radius 2 is 2.26 bits per heavy atom. The number of nitrogens with zero attached hydrogens (tertiary/aromatic N) is 3. The number of anilines is 1. The topological polar surface area (TPSA) is 83.6 Å². The van der Waals surface area contributed by atoms with Crippen LogP contribution < -0.4 is 5.32 Å². The number of carbonyl (C=O) groups is 1. The van der Waals surface area contributed by atoms with Gasteiger partial charge in [-0.2, -0.15) is 10.1 Å². The number of para-hydroxylation sites is 1. The first-order chi connectivity index (χ1) is 9.31. The van der Waals surface area contributed by atoms with Gasteiger partial charge in [-0.05, 0) is 12.1 Å². The molecule has 1 aromatic carbocycles. The monoisotopic (exact) mass is 273 g/mol. The van der Waals surface area contributed by atoms with Gasteiger partial charge in [0.15, 0.2) is 0 Å². The van der Waals surface area contributed by atoms with Crippen LogP contribution in [0.3, 0.4) is 0 Å². The van der Waals surface area contributed by atoms with Gasteiger partial charge in [0, 0.05) is 12.8 Å². The molecule has 0 spiro atoms. The molecule has 2 aromatic heterocycles. The van der Waals surface area contributed by atoms with Crippen molar-refractivity contribution in [3.8, 4) is 0 Å². The van der Waals surface area contributed by atoms with Crippen molar-refractivity contribution in [1.29, 1.82) is 0 Å². The van der Waals surface area contributed by atoms with Gasteiger partial charge in [0.25, 0.3) is 0 Å². The lowest BCUT2D eigenvalue weighted by Gasteiger charge is -1.99. The van der Waals surface area contributed by atoms with Gasteiger partial charge < -0.3 is 0 Å². The Morgan fingerprint density at radius 3 is 3.05 bits per heavy atom. The molecule has 0 atom stereocenters. The Hall–Kier alpha value is -2.28. The Labute approximate surface area is 112 Å². The SMILES string of the molecule is O=C(CCc1nc2ccccc2s1)Nc1ncn[nH]1. The molecule has 0 saturated heterocycles. The summed E-state index contributed by atoms with van der Waals surface area (Å²) in [6.45, 7) is 0. The van der Waals surface area contributed by atoms with E-state index in [9.17, 15) is 4.79 Å². The lowest BCUT2D eigenvalue weighted by atomic mass is 10.3. The van der Waals surface area contributed by atoms with Crippen LogP contribution in [0.1, 0.15) is 11.4 Å². The van der Waals surface area contributed by atoms with Crippen molar-refractivity contribution < 1.29 is 4.79 Å². The normalized spacial score (nSPS) is 10.7. The highest BCUT2D eigenvalue weighted by Crippen LogP contribution is 2.22. The number of carbonyl (C=O) groups excluding carboxylic acids is 1. The molecule has 0 unspecified atom stereocenters. The first-order valence-corrected chi connectivity index (χ1v) is 6.62. The first-order valence-electron chi connectivity index (χ1n) is 5.81. The van der Waals surface area contributed by atoms with Crippen molar-refractivity contribution in [1.82, 2.24) is 20.2 Å². The molecule has 0 radical (unpaired) electrons. The predicted molar refractivity (Wildman–Crippen MR) is 73.0 cm³/mol. The van der Waals surface area contributed by atoms with Gasteiger partial charge in [0.2, 0.25) is 11.9 Å². The summed E-state index contributed by atoms with van der Waals surface area (Å²) < 4.78 is 1.15. The average molecular weight is 273 g/mol. The maximum absolute atomic E-state index is 11.7. The minimum atomic E-state index is -0.101. The molecule has 19 heavy (non-hydrogen) atoms. The van der Waals surface area contributed by atoms with Crippen LogP contribution in [-0.2, 0) is 11.2 Å². The fraction of sp³-hybridized carbons (Fsp3) is 0.167. The summed E-state index contributed by atoms with van der Waals surface area (Å²) in [6.07, 6.45) is 2.35. The van der Waals surface area contributed by atoms with Crippen molar-refractivity contribution >= 4 is 33.4 Å². The number of aromatic amines is 1. The van der Waals surface area contributed by atoms with Crippen LogP contribution in [0.2, 0.25) is 0 Å². The van der Waals surface area contributed by atoms with Crippen molar-refractivity contribution in [2.45, 2.75) is 12.8 Å². The number of fused-ring (bicyclic) bond motifs is 1. The zero-order valence-electron chi connectivity index (χ0n) is 9.96. The van der Waals surface area contributed by atoms with Crippen LogP contribution in [-0.4, -0.2) is 26.1 Å². The summed E-state index contributed by atoms with van der Waals surface area (Å²) in [5.41, 5.74) is 0.984. The third kappa shape index (κ3) is 2.76. The third-order valence-electron chi connectivity index (χ3n) is 2.58. The molecule has 0 saturated carbocycles. The second-order valence-corrected chi connectivity index (χ2v) is 5.07. The number of rotatable bonds is 4. The second-order valence-electron chi connectivity index (χ2n) is 3.96. The van der Waals surface area contributed by atoms with Gasteiger partial charge in [-0.15, -0.1) is 11.3 Å². The van der Waals surface area contributed by atoms with Gasteiger partial charge in [-0.1, -0.05) is 12.1 Å². The molecule has 0 fully saturated rings. The smallest absolute Gasteiger partial charge is 0.227 e. The molecule has 1 amide bonds. The predicted octanol–water partition coefficient (Wildman–Crippen LogP) is 1.99. The van der Waals surface area contributed by atoms with Crippen LogP contribution in [0.5, 0.6) is 0 Å². The van der Waals surface area contributed by atoms with E-state index >= 15 is 0 Å². The molecule has 0 aliphatic rings. The Kier molecular flexibility index (Phi) is 3.20. The van der Waals surface area contributed by atoms with Gasteiger partial charge >= 0.3 is 0 Å². The fourth-order valence-electron chi connectivity index (χ4n) is 1.71. The van der Waals surface area contributed by atoms with Crippen molar-refractivity contribution in [2.75, 3.05) is 5.32 Å². The molecule has 6 nitrogen and oxygen atoms in total. The molecule has 3 aromatic rings. The molecule has 2 heterocycles. The third-order valence-corrected chi connectivity index (χ3v) is 3.67. The molecule has 0 bridgehead atoms. The number of aryl methyl sites for hydroxylation is 1. The number of thiazole rings is 1. The minimum Gasteiger partial charge on any atom is -0.295 e. The zero-order valence-corrected chi connectivity index (χ0v) is 10.8. The quantitative estimate of drug-likeness (QED) is 0.761. The van der Waals surface area contributed by atoms with Crippen LogP contribution in [0.15, 0.2) is 30.6 Å². The summed E-state index contributed by atoms with van der Waals surface area (Å²) in [5, 5.41) is 9.84. The van der Waals surface area contributed by atoms with Gasteiger partial charge in [0.05, 0.1) is 15.2 Å². The van der Waals surface area contributed by atoms with E-state index in [1.54, 1.807) is 11.3 Å². The Morgan fingerprint density at radius 1 is 1.37 bits per heavy atom. The van der Waals surface area contributed by atoms with Gasteiger partial charge in [0.1, 0.15) is 6.33 Å². The zero-order chi connectivity index (χ0) is 13.1. The largest absolute Gasteiger partial charge is 0.295 e. The van der Waals surface area contributed by atoms with Gasteiger partial charge in [-0.3, -0.25) is 10.1 Å². The highest BCUT2D eigenvalue weighted by Gasteiger charge is 2.08. The summed E-state index contributed by atoms with van der Waals surface area (Å²) in [4.78, 5) is 20.0. The van der Waals surface area contributed by atoms with Crippen molar-refractivity contribution in [3.63, 3.8) is 0 Å². The highest BCUT2D eigenvalue weighted by molar-refractivity contribution is 7.18. The van der Waals surface area contributed by atoms with Crippen molar-refractivity contribution in [3.05, 3.63) is 35.6 Å². The molecule has 7 heteroatoms. The summed E-state index contributed by atoms with van der Waals surface area (Å²) in [7, 11) is 0. The maximum Gasteiger partial charge on any atom is 0.227 e. The summed E-state index contributed by atoms with van der Waals surface area (Å²) >= 11 is 1.62. The Bertz CT molecular complexity index is 658. The molecular formula is C12H11N5OS. The number of amides is 1. The van der Waals surface area contributed by atoms with Crippen LogP contribution in [0, 0.1) is 0 Å². The standard InChI is InChI=1S/C12H11N5OS/c18-10(16-12-13-7-14-17-12)5-6-11-15-8-3-1-2-4-9(8)19-11/h1-4,7H,5-6H2,(H2,13,14,16,17,18). The molecule has 96 valence electrons. The van der Waals surface area contributed by atoms with Gasteiger partial charge in [-0.25, -0.2) is 10.1 Å². The molecule has 3 rings (SSSR count). The van der Waals surface area contributed by atoms with E-state index in [2.05, 4.69) is 25.5 Å². The van der Waals surface area contributed by atoms with E-state index in [4.69, 9.17) is 0 Å². The highest BCUT2D eigenvalue weighted by atomic mass is 32.1. The van der Waals surface area contributed by atoms with E-state index in [-0.39, 0.29) is 5.91 Å². The first kappa shape index (κ1) is 11.8.